The van der Waals surface area contributed by atoms with Gasteiger partial charge in [-0.2, -0.15) is 0 Å². The van der Waals surface area contributed by atoms with Crippen LogP contribution in [0.4, 0.5) is 0 Å². The van der Waals surface area contributed by atoms with Crippen LogP contribution in [-0.2, 0) is 4.79 Å². The molecule has 18 heavy (non-hydrogen) atoms. The van der Waals surface area contributed by atoms with Gasteiger partial charge in [0.15, 0.2) is 0 Å². The minimum atomic E-state index is 0.0479. The van der Waals surface area contributed by atoms with E-state index in [1.54, 1.807) is 6.20 Å². The molecule has 1 rings (SSSR count). The molecule has 2 unspecified atom stereocenters. The molecular formula is C14H23N3O. The molecule has 1 aromatic rings. The van der Waals surface area contributed by atoms with E-state index < -0.39 is 0 Å². The molecule has 0 aliphatic rings. The van der Waals surface area contributed by atoms with Crippen molar-refractivity contribution in [3.05, 3.63) is 30.1 Å². The van der Waals surface area contributed by atoms with E-state index in [2.05, 4.69) is 22.5 Å². The van der Waals surface area contributed by atoms with E-state index in [9.17, 15) is 4.79 Å². The Hall–Kier alpha value is -1.42. The van der Waals surface area contributed by atoms with Gasteiger partial charge in [0.2, 0.25) is 5.91 Å². The molecule has 0 fully saturated rings. The quantitative estimate of drug-likeness (QED) is 0.777. The number of carbonyl (C=O) groups is 1. The summed E-state index contributed by atoms with van der Waals surface area (Å²) in [5, 5.41) is 6.16. The largest absolute Gasteiger partial charge is 0.353 e. The Morgan fingerprint density at radius 1 is 1.44 bits per heavy atom. The van der Waals surface area contributed by atoms with Crippen molar-refractivity contribution in [1.82, 2.24) is 15.6 Å². The Labute approximate surface area is 109 Å². The molecule has 0 bridgehead atoms. The van der Waals surface area contributed by atoms with Gasteiger partial charge in [-0.25, -0.2) is 0 Å². The molecule has 1 aromatic heterocycles. The van der Waals surface area contributed by atoms with Crippen molar-refractivity contribution >= 4 is 5.91 Å². The Balaban J connectivity index is 2.30. The topological polar surface area (TPSA) is 54.0 Å². The highest BCUT2D eigenvalue weighted by molar-refractivity contribution is 5.78. The highest BCUT2D eigenvalue weighted by atomic mass is 16.1. The molecule has 1 heterocycles. The molecule has 100 valence electrons. The average molecular weight is 249 g/mol. The number of amides is 1. The lowest BCUT2D eigenvalue weighted by Gasteiger charge is -2.16. The first kappa shape index (κ1) is 14.6. The van der Waals surface area contributed by atoms with Crippen molar-refractivity contribution in [1.29, 1.82) is 0 Å². The van der Waals surface area contributed by atoms with Gasteiger partial charge in [-0.05, 0) is 31.9 Å². The lowest BCUT2D eigenvalue weighted by atomic mass is 10.1. The monoisotopic (exact) mass is 249 g/mol. The molecule has 0 aliphatic heterocycles. The maximum Gasteiger partial charge on any atom is 0.234 e. The lowest BCUT2D eigenvalue weighted by molar-refractivity contribution is -0.121. The van der Waals surface area contributed by atoms with Crippen LogP contribution in [0.1, 0.15) is 45.2 Å². The smallest absolute Gasteiger partial charge is 0.234 e. The van der Waals surface area contributed by atoms with Gasteiger partial charge in [0.25, 0.3) is 0 Å². The van der Waals surface area contributed by atoms with E-state index in [-0.39, 0.29) is 18.0 Å². The molecule has 2 atom stereocenters. The second-order valence-electron chi connectivity index (χ2n) is 4.65. The number of nitrogens with zero attached hydrogens (tertiary/aromatic N) is 1. The minimum Gasteiger partial charge on any atom is -0.353 e. The van der Waals surface area contributed by atoms with E-state index in [0.717, 1.165) is 18.4 Å². The molecule has 2 N–H and O–H groups in total. The molecule has 0 spiro atoms. The van der Waals surface area contributed by atoms with Gasteiger partial charge < -0.3 is 10.6 Å². The van der Waals surface area contributed by atoms with Crippen LogP contribution in [0.5, 0.6) is 0 Å². The summed E-state index contributed by atoms with van der Waals surface area (Å²) in [5.74, 6) is 0.0479. The molecule has 0 radical (unpaired) electrons. The number of nitrogens with one attached hydrogen (secondary N) is 2. The maximum absolute atomic E-state index is 11.7. The summed E-state index contributed by atoms with van der Waals surface area (Å²) in [7, 11) is 0. The first-order valence-corrected chi connectivity index (χ1v) is 6.56. The summed E-state index contributed by atoms with van der Waals surface area (Å²) < 4.78 is 0. The Morgan fingerprint density at radius 2 is 2.22 bits per heavy atom. The van der Waals surface area contributed by atoms with Crippen molar-refractivity contribution in [2.75, 3.05) is 6.54 Å². The molecule has 4 heteroatoms. The summed E-state index contributed by atoms with van der Waals surface area (Å²) in [4.78, 5) is 15.7. The number of rotatable bonds is 7. The number of aromatic nitrogens is 1. The van der Waals surface area contributed by atoms with Crippen LogP contribution < -0.4 is 10.6 Å². The summed E-state index contributed by atoms with van der Waals surface area (Å²) in [5.41, 5.74) is 1.09. The second-order valence-corrected chi connectivity index (χ2v) is 4.65. The van der Waals surface area contributed by atoms with E-state index in [4.69, 9.17) is 0 Å². The van der Waals surface area contributed by atoms with Crippen molar-refractivity contribution in [3.8, 4) is 0 Å². The standard InChI is InChI=1S/C14H23N3O/c1-4-6-11(2)17-14(18)10-16-12(3)13-7-5-8-15-9-13/h5,7-9,11-12,16H,4,6,10H2,1-3H3,(H,17,18). The van der Waals surface area contributed by atoms with Gasteiger partial charge in [-0.3, -0.25) is 9.78 Å². The van der Waals surface area contributed by atoms with Crippen LogP contribution in [0.3, 0.4) is 0 Å². The predicted octanol–water partition coefficient (Wildman–Crippen LogP) is 2.04. The van der Waals surface area contributed by atoms with Gasteiger partial charge in [-0.15, -0.1) is 0 Å². The van der Waals surface area contributed by atoms with Crippen LogP contribution in [0.2, 0.25) is 0 Å². The van der Waals surface area contributed by atoms with Gasteiger partial charge >= 0.3 is 0 Å². The average Bonchev–Trinajstić information content (AvgIpc) is 2.37. The number of pyridine rings is 1. The number of hydrogen-bond donors (Lipinski definition) is 2. The van der Waals surface area contributed by atoms with Crippen LogP contribution in [0, 0.1) is 0 Å². The van der Waals surface area contributed by atoms with Crippen LogP contribution in [0.15, 0.2) is 24.5 Å². The van der Waals surface area contributed by atoms with E-state index >= 15 is 0 Å². The Bertz CT molecular complexity index is 353. The molecule has 1 amide bonds. The van der Waals surface area contributed by atoms with Crippen LogP contribution >= 0.6 is 0 Å². The highest BCUT2D eigenvalue weighted by Crippen LogP contribution is 2.08. The second kappa shape index (κ2) is 7.82. The number of hydrogen-bond acceptors (Lipinski definition) is 3. The van der Waals surface area contributed by atoms with Gasteiger partial charge in [0, 0.05) is 24.5 Å². The molecule has 0 saturated heterocycles. The van der Waals surface area contributed by atoms with E-state index in [1.165, 1.54) is 0 Å². The van der Waals surface area contributed by atoms with Gasteiger partial charge in [0.1, 0.15) is 0 Å². The summed E-state index contributed by atoms with van der Waals surface area (Å²) in [6, 6.07) is 4.28. The van der Waals surface area contributed by atoms with Crippen LogP contribution in [0.25, 0.3) is 0 Å². The number of carbonyl (C=O) groups excluding carboxylic acids is 1. The fraction of sp³-hybridized carbons (Fsp3) is 0.571. The Morgan fingerprint density at radius 3 is 2.83 bits per heavy atom. The van der Waals surface area contributed by atoms with Gasteiger partial charge in [0.05, 0.1) is 6.54 Å². The Kier molecular flexibility index (Phi) is 6.36. The third-order valence-corrected chi connectivity index (χ3v) is 2.88. The fourth-order valence-electron chi connectivity index (χ4n) is 1.83. The SMILES string of the molecule is CCCC(C)NC(=O)CNC(C)c1cccnc1. The van der Waals surface area contributed by atoms with E-state index in [0.29, 0.717) is 6.54 Å². The van der Waals surface area contributed by atoms with Crippen molar-refractivity contribution < 1.29 is 4.79 Å². The van der Waals surface area contributed by atoms with Crippen molar-refractivity contribution in [3.63, 3.8) is 0 Å². The third-order valence-electron chi connectivity index (χ3n) is 2.88. The van der Waals surface area contributed by atoms with Crippen molar-refractivity contribution in [2.45, 2.75) is 45.7 Å². The van der Waals surface area contributed by atoms with Crippen LogP contribution in [-0.4, -0.2) is 23.5 Å². The first-order valence-electron chi connectivity index (χ1n) is 6.56. The third kappa shape index (κ3) is 5.27. The van der Waals surface area contributed by atoms with Gasteiger partial charge in [-0.1, -0.05) is 19.4 Å². The lowest BCUT2D eigenvalue weighted by Crippen LogP contribution is -2.39. The molecule has 4 nitrogen and oxygen atoms in total. The summed E-state index contributed by atoms with van der Waals surface area (Å²) in [6.45, 7) is 6.52. The molecule has 0 aromatic carbocycles. The first-order chi connectivity index (χ1) is 8.63. The maximum atomic E-state index is 11.7. The zero-order valence-electron chi connectivity index (χ0n) is 11.4. The fourth-order valence-corrected chi connectivity index (χ4v) is 1.83. The molecular weight excluding hydrogens is 226 g/mol. The summed E-state index contributed by atoms with van der Waals surface area (Å²) >= 11 is 0. The summed E-state index contributed by atoms with van der Waals surface area (Å²) in [6.07, 6.45) is 5.66. The van der Waals surface area contributed by atoms with Crippen molar-refractivity contribution in [2.24, 2.45) is 0 Å². The highest BCUT2D eigenvalue weighted by Gasteiger charge is 2.09. The zero-order chi connectivity index (χ0) is 13.4. The normalized spacial score (nSPS) is 13.9. The zero-order valence-corrected chi connectivity index (χ0v) is 11.4. The molecule has 0 saturated carbocycles. The molecule has 0 aliphatic carbocycles. The van der Waals surface area contributed by atoms with E-state index in [1.807, 2.05) is 32.2 Å². The minimum absolute atomic E-state index is 0.0479. The predicted molar refractivity (Wildman–Crippen MR) is 73.2 cm³/mol.